The number of hydrogen-bond acceptors (Lipinski definition) is 2. The van der Waals surface area contributed by atoms with Gasteiger partial charge in [0.05, 0.1) is 6.61 Å². The van der Waals surface area contributed by atoms with Crippen LogP contribution in [0.4, 0.5) is 0 Å². The molecular weight excluding hydrogens is 296 g/mol. The zero-order valence-electron chi connectivity index (χ0n) is 13.5. The molecule has 3 aromatic rings. The van der Waals surface area contributed by atoms with Gasteiger partial charge in [0.1, 0.15) is 5.75 Å². The van der Waals surface area contributed by atoms with E-state index in [9.17, 15) is 4.79 Å². The Balaban J connectivity index is 1.50. The van der Waals surface area contributed by atoms with E-state index in [1.807, 2.05) is 60.7 Å². The third-order valence-corrected chi connectivity index (χ3v) is 3.87. The van der Waals surface area contributed by atoms with Gasteiger partial charge in [-0.25, -0.2) is 0 Å². The van der Waals surface area contributed by atoms with E-state index < -0.39 is 0 Å². The second-order valence-electron chi connectivity index (χ2n) is 5.66. The molecule has 0 fully saturated rings. The van der Waals surface area contributed by atoms with Crippen molar-refractivity contribution in [1.29, 1.82) is 0 Å². The molecule has 0 spiro atoms. The van der Waals surface area contributed by atoms with Gasteiger partial charge in [-0.05, 0) is 42.7 Å². The number of carbonyl (C=O) groups is 1. The summed E-state index contributed by atoms with van der Waals surface area (Å²) in [5.74, 6) is 0.832. The maximum atomic E-state index is 12.3. The van der Waals surface area contributed by atoms with E-state index in [0.29, 0.717) is 17.7 Å². The quantitative estimate of drug-likeness (QED) is 0.456. The van der Waals surface area contributed by atoms with Crippen LogP contribution in [0, 0.1) is 0 Å². The molecule has 0 amide bonds. The number of ketones is 1. The lowest BCUT2D eigenvalue weighted by Crippen LogP contribution is -2.02. The third-order valence-electron chi connectivity index (χ3n) is 3.87. The normalized spacial score (nSPS) is 10.3. The monoisotopic (exact) mass is 316 g/mol. The van der Waals surface area contributed by atoms with Crippen LogP contribution in [0.25, 0.3) is 0 Å². The first-order valence-electron chi connectivity index (χ1n) is 8.19. The van der Waals surface area contributed by atoms with E-state index in [4.69, 9.17) is 4.74 Å². The fourth-order valence-electron chi connectivity index (χ4n) is 2.57. The minimum atomic E-state index is 0.0335. The highest BCUT2D eigenvalue weighted by Crippen LogP contribution is 2.16. The molecule has 0 aliphatic carbocycles. The van der Waals surface area contributed by atoms with Crippen molar-refractivity contribution in [3.8, 4) is 5.75 Å². The minimum absolute atomic E-state index is 0.0335. The van der Waals surface area contributed by atoms with Crippen LogP contribution in [0.2, 0.25) is 0 Å². The van der Waals surface area contributed by atoms with Gasteiger partial charge in [-0.3, -0.25) is 4.79 Å². The van der Waals surface area contributed by atoms with Crippen LogP contribution >= 0.6 is 0 Å². The van der Waals surface area contributed by atoms with Crippen molar-refractivity contribution in [3.05, 3.63) is 102 Å². The van der Waals surface area contributed by atoms with Gasteiger partial charge in [0.15, 0.2) is 5.78 Å². The van der Waals surface area contributed by atoms with Crippen LogP contribution in [0.5, 0.6) is 5.75 Å². The second-order valence-corrected chi connectivity index (χ2v) is 5.66. The Morgan fingerprint density at radius 2 is 1.29 bits per heavy atom. The molecule has 120 valence electrons. The van der Waals surface area contributed by atoms with Crippen LogP contribution in [0.15, 0.2) is 84.9 Å². The number of hydrogen-bond donors (Lipinski definition) is 0. The van der Waals surface area contributed by atoms with Crippen molar-refractivity contribution >= 4 is 5.78 Å². The molecule has 2 nitrogen and oxygen atoms in total. The molecular formula is C22H20O2. The summed E-state index contributed by atoms with van der Waals surface area (Å²) in [7, 11) is 0. The summed E-state index contributed by atoms with van der Waals surface area (Å²) in [5, 5.41) is 0. The highest BCUT2D eigenvalue weighted by molar-refractivity contribution is 6.08. The molecule has 0 radical (unpaired) electrons. The third kappa shape index (κ3) is 4.32. The highest BCUT2D eigenvalue weighted by Gasteiger charge is 2.08. The van der Waals surface area contributed by atoms with Gasteiger partial charge >= 0.3 is 0 Å². The molecule has 2 heteroatoms. The molecule has 0 aliphatic rings. The number of benzene rings is 3. The Labute approximate surface area is 142 Å². The fraction of sp³-hybridized carbons (Fsp3) is 0.136. The first-order chi connectivity index (χ1) is 11.8. The van der Waals surface area contributed by atoms with Gasteiger partial charge in [-0.15, -0.1) is 0 Å². The topological polar surface area (TPSA) is 26.3 Å². The fourth-order valence-corrected chi connectivity index (χ4v) is 2.57. The molecule has 0 saturated carbocycles. The first kappa shape index (κ1) is 16.0. The van der Waals surface area contributed by atoms with Gasteiger partial charge in [0, 0.05) is 11.1 Å². The summed E-state index contributed by atoms with van der Waals surface area (Å²) in [6, 6.07) is 27.1. The van der Waals surface area contributed by atoms with Crippen molar-refractivity contribution in [2.45, 2.75) is 12.8 Å². The standard InChI is InChI=1S/C22H20O2/c23-22(19-11-5-2-6-12-19)20-13-15-21(16-14-20)24-17-7-10-18-8-3-1-4-9-18/h1-6,8-9,11-16H,7,10,17H2. The van der Waals surface area contributed by atoms with Crippen molar-refractivity contribution in [2.75, 3.05) is 6.61 Å². The van der Waals surface area contributed by atoms with Gasteiger partial charge in [0.25, 0.3) is 0 Å². The summed E-state index contributed by atoms with van der Waals surface area (Å²) in [4.78, 5) is 12.3. The molecule has 3 aromatic carbocycles. The predicted octanol–water partition coefficient (Wildman–Crippen LogP) is 4.93. The molecule has 0 heterocycles. The van der Waals surface area contributed by atoms with Crippen LogP contribution in [-0.4, -0.2) is 12.4 Å². The SMILES string of the molecule is O=C(c1ccccc1)c1ccc(OCCCc2ccccc2)cc1. The van der Waals surface area contributed by atoms with E-state index in [-0.39, 0.29) is 5.78 Å². The zero-order chi connectivity index (χ0) is 16.6. The van der Waals surface area contributed by atoms with E-state index >= 15 is 0 Å². The molecule has 0 atom stereocenters. The maximum Gasteiger partial charge on any atom is 0.193 e. The van der Waals surface area contributed by atoms with Crippen LogP contribution in [0.1, 0.15) is 27.9 Å². The van der Waals surface area contributed by atoms with Crippen molar-refractivity contribution < 1.29 is 9.53 Å². The van der Waals surface area contributed by atoms with E-state index in [0.717, 1.165) is 18.6 Å². The Morgan fingerprint density at radius 1 is 0.708 bits per heavy atom. The summed E-state index contributed by atoms with van der Waals surface area (Å²) in [6.45, 7) is 0.668. The lowest BCUT2D eigenvalue weighted by Gasteiger charge is -2.07. The molecule has 0 bridgehead atoms. The van der Waals surface area contributed by atoms with Gasteiger partial charge in [-0.2, -0.15) is 0 Å². The lowest BCUT2D eigenvalue weighted by atomic mass is 10.0. The van der Waals surface area contributed by atoms with Crippen molar-refractivity contribution in [1.82, 2.24) is 0 Å². The van der Waals surface area contributed by atoms with Gasteiger partial charge in [0.2, 0.25) is 0 Å². The van der Waals surface area contributed by atoms with Gasteiger partial charge < -0.3 is 4.74 Å². The average Bonchev–Trinajstić information content (AvgIpc) is 2.67. The zero-order valence-corrected chi connectivity index (χ0v) is 13.5. The van der Waals surface area contributed by atoms with E-state index in [1.54, 1.807) is 0 Å². The molecule has 0 aliphatic heterocycles. The largest absolute Gasteiger partial charge is 0.494 e. The van der Waals surface area contributed by atoms with Crippen LogP contribution in [0.3, 0.4) is 0 Å². The first-order valence-corrected chi connectivity index (χ1v) is 8.19. The maximum absolute atomic E-state index is 12.3. The molecule has 24 heavy (non-hydrogen) atoms. The lowest BCUT2D eigenvalue weighted by molar-refractivity contribution is 0.103. The molecule has 0 N–H and O–H groups in total. The molecule has 3 rings (SSSR count). The van der Waals surface area contributed by atoms with Crippen molar-refractivity contribution in [2.24, 2.45) is 0 Å². The second kappa shape index (κ2) is 8.11. The average molecular weight is 316 g/mol. The Bertz CT molecular complexity index is 762. The number of aryl methyl sites for hydroxylation is 1. The summed E-state index contributed by atoms with van der Waals surface area (Å²) in [5.41, 5.74) is 2.71. The number of rotatable bonds is 7. The molecule has 0 aromatic heterocycles. The van der Waals surface area contributed by atoms with Crippen LogP contribution < -0.4 is 4.74 Å². The van der Waals surface area contributed by atoms with Gasteiger partial charge in [-0.1, -0.05) is 60.7 Å². The van der Waals surface area contributed by atoms with Crippen molar-refractivity contribution in [3.63, 3.8) is 0 Å². The smallest absolute Gasteiger partial charge is 0.193 e. The summed E-state index contributed by atoms with van der Waals surface area (Å²) < 4.78 is 5.76. The molecule has 0 unspecified atom stereocenters. The van der Waals surface area contributed by atoms with Crippen LogP contribution in [-0.2, 0) is 6.42 Å². The number of carbonyl (C=O) groups excluding carboxylic acids is 1. The molecule has 0 saturated heterocycles. The minimum Gasteiger partial charge on any atom is -0.494 e. The predicted molar refractivity (Wildman–Crippen MR) is 96.6 cm³/mol. The Kier molecular flexibility index (Phi) is 5.41. The van der Waals surface area contributed by atoms with E-state index in [1.165, 1.54) is 5.56 Å². The highest BCUT2D eigenvalue weighted by atomic mass is 16.5. The Hall–Kier alpha value is -2.87. The Morgan fingerprint density at radius 3 is 1.96 bits per heavy atom. The van der Waals surface area contributed by atoms with E-state index in [2.05, 4.69) is 24.3 Å². The summed E-state index contributed by atoms with van der Waals surface area (Å²) >= 11 is 0. The summed E-state index contributed by atoms with van der Waals surface area (Å²) in [6.07, 6.45) is 1.97. The number of ether oxygens (including phenoxy) is 1.